The monoisotopic (exact) mass is 312 g/mol. The number of hydrazine groups is 1. The van der Waals surface area contributed by atoms with E-state index in [0.29, 0.717) is 23.7 Å². The van der Waals surface area contributed by atoms with E-state index in [0.717, 1.165) is 12.1 Å². The smallest absolute Gasteiger partial charge is 0.429 e. The standard InChI is InChI=1S/C15H21ClN2O3/c1-15(2,3)21-14(20)18-8-4-7-17(18)13-6-5-12(16)9-11(13)10-19/h5-6,9,19H,4,7-8,10H2,1-3H3. The van der Waals surface area contributed by atoms with Crippen molar-refractivity contribution < 1.29 is 14.6 Å². The largest absolute Gasteiger partial charge is 0.442 e. The first-order chi connectivity index (χ1) is 9.81. The number of aliphatic hydroxyl groups excluding tert-OH is 1. The quantitative estimate of drug-likeness (QED) is 0.911. The minimum absolute atomic E-state index is 0.130. The van der Waals surface area contributed by atoms with Crippen LogP contribution in [0.1, 0.15) is 32.8 Å². The molecule has 21 heavy (non-hydrogen) atoms. The minimum Gasteiger partial charge on any atom is -0.442 e. The predicted octanol–water partition coefficient (Wildman–Crippen LogP) is 3.19. The SMILES string of the molecule is CC(C)(C)OC(=O)N1CCCN1c1ccc(Cl)cc1CO. The topological polar surface area (TPSA) is 53.0 Å². The van der Waals surface area contributed by atoms with Crippen LogP contribution in [-0.4, -0.2) is 34.9 Å². The number of hydrogen-bond donors (Lipinski definition) is 1. The molecule has 5 nitrogen and oxygen atoms in total. The molecule has 1 heterocycles. The van der Waals surface area contributed by atoms with Gasteiger partial charge in [0, 0.05) is 23.7 Å². The number of benzene rings is 1. The molecule has 0 bridgehead atoms. The molecule has 1 saturated heterocycles. The molecule has 1 N–H and O–H groups in total. The highest BCUT2D eigenvalue weighted by molar-refractivity contribution is 6.30. The molecule has 1 fully saturated rings. The van der Waals surface area contributed by atoms with Crippen LogP contribution in [0.5, 0.6) is 0 Å². The third kappa shape index (κ3) is 3.80. The van der Waals surface area contributed by atoms with Gasteiger partial charge in [0.25, 0.3) is 0 Å². The number of amides is 1. The van der Waals surface area contributed by atoms with Crippen molar-refractivity contribution in [3.05, 3.63) is 28.8 Å². The lowest BCUT2D eigenvalue weighted by Gasteiger charge is -2.32. The van der Waals surface area contributed by atoms with Gasteiger partial charge >= 0.3 is 6.09 Å². The number of ether oxygens (including phenoxy) is 1. The Morgan fingerprint density at radius 2 is 2.10 bits per heavy atom. The lowest BCUT2D eigenvalue weighted by Crippen LogP contribution is -2.44. The van der Waals surface area contributed by atoms with E-state index in [4.69, 9.17) is 16.3 Å². The molecular weight excluding hydrogens is 292 g/mol. The summed E-state index contributed by atoms with van der Waals surface area (Å²) in [6, 6.07) is 5.28. The summed E-state index contributed by atoms with van der Waals surface area (Å²) in [5, 5.41) is 13.5. The molecule has 0 atom stereocenters. The molecular formula is C15H21ClN2O3. The Hall–Kier alpha value is -1.46. The Morgan fingerprint density at radius 1 is 1.38 bits per heavy atom. The second-order valence-corrected chi connectivity index (χ2v) is 6.45. The normalized spacial score (nSPS) is 15.5. The van der Waals surface area contributed by atoms with E-state index in [2.05, 4.69) is 0 Å². The van der Waals surface area contributed by atoms with Crippen molar-refractivity contribution in [2.75, 3.05) is 18.1 Å². The van der Waals surface area contributed by atoms with Crippen LogP contribution in [0.25, 0.3) is 0 Å². The fourth-order valence-corrected chi connectivity index (χ4v) is 2.49. The Labute approximate surface area is 130 Å². The van der Waals surface area contributed by atoms with Crippen LogP contribution in [0, 0.1) is 0 Å². The first kappa shape index (κ1) is 15.9. The fourth-order valence-electron chi connectivity index (χ4n) is 2.30. The van der Waals surface area contributed by atoms with Crippen LogP contribution in [0.15, 0.2) is 18.2 Å². The van der Waals surface area contributed by atoms with Gasteiger partial charge in [-0.15, -0.1) is 0 Å². The Kier molecular flexibility index (Phi) is 4.64. The van der Waals surface area contributed by atoms with Gasteiger partial charge in [-0.25, -0.2) is 9.80 Å². The Bertz CT molecular complexity index is 528. The number of anilines is 1. The van der Waals surface area contributed by atoms with Crippen molar-refractivity contribution in [3.8, 4) is 0 Å². The van der Waals surface area contributed by atoms with Gasteiger partial charge in [-0.2, -0.15) is 0 Å². The summed E-state index contributed by atoms with van der Waals surface area (Å²) in [6.07, 6.45) is 0.478. The first-order valence-electron chi connectivity index (χ1n) is 6.99. The maximum absolute atomic E-state index is 12.3. The lowest BCUT2D eigenvalue weighted by atomic mass is 10.2. The molecule has 116 valence electrons. The molecule has 0 aromatic heterocycles. The van der Waals surface area contributed by atoms with Crippen molar-refractivity contribution in [1.29, 1.82) is 0 Å². The number of carbonyl (C=O) groups excluding carboxylic acids is 1. The number of nitrogens with zero attached hydrogens (tertiary/aromatic N) is 2. The summed E-state index contributed by atoms with van der Waals surface area (Å²) in [6.45, 7) is 6.69. The molecule has 1 aliphatic rings. The van der Waals surface area contributed by atoms with Crippen LogP contribution in [0.2, 0.25) is 5.02 Å². The second-order valence-electron chi connectivity index (χ2n) is 6.01. The van der Waals surface area contributed by atoms with Gasteiger partial charge in [-0.1, -0.05) is 11.6 Å². The first-order valence-corrected chi connectivity index (χ1v) is 7.37. The molecule has 0 radical (unpaired) electrons. The zero-order valence-corrected chi connectivity index (χ0v) is 13.4. The van der Waals surface area contributed by atoms with Gasteiger partial charge < -0.3 is 9.84 Å². The molecule has 1 amide bonds. The number of hydrogen-bond acceptors (Lipinski definition) is 4. The van der Waals surface area contributed by atoms with Crippen molar-refractivity contribution in [2.45, 2.75) is 39.4 Å². The molecule has 0 spiro atoms. The molecule has 2 rings (SSSR count). The van der Waals surface area contributed by atoms with E-state index >= 15 is 0 Å². The van der Waals surface area contributed by atoms with Crippen molar-refractivity contribution in [3.63, 3.8) is 0 Å². The minimum atomic E-state index is -0.537. The lowest BCUT2D eigenvalue weighted by molar-refractivity contribution is 0.0273. The van der Waals surface area contributed by atoms with Gasteiger partial charge in [0.2, 0.25) is 0 Å². The van der Waals surface area contributed by atoms with E-state index in [-0.39, 0.29) is 12.7 Å². The average Bonchev–Trinajstić information content (AvgIpc) is 2.85. The van der Waals surface area contributed by atoms with E-state index in [1.54, 1.807) is 17.1 Å². The van der Waals surface area contributed by atoms with E-state index < -0.39 is 5.60 Å². The number of rotatable bonds is 2. The average molecular weight is 313 g/mol. The highest BCUT2D eigenvalue weighted by Crippen LogP contribution is 2.29. The van der Waals surface area contributed by atoms with Gasteiger partial charge in [0.05, 0.1) is 12.3 Å². The highest BCUT2D eigenvalue weighted by atomic mass is 35.5. The summed E-state index contributed by atoms with van der Waals surface area (Å²) in [5.74, 6) is 0. The Morgan fingerprint density at radius 3 is 2.71 bits per heavy atom. The molecule has 1 aliphatic heterocycles. The third-order valence-corrected chi connectivity index (χ3v) is 3.36. The maximum Gasteiger partial charge on any atom is 0.429 e. The second kappa shape index (κ2) is 6.12. The van der Waals surface area contributed by atoms with Crippen LogP contribution in [0.4, 0.5) is 10.5 Å². The number of aliphatic hydroxyl groups is 1. The van der Waals surface area contributed by atoms with E-state index in [1.165, 1.54) is 0 Å². The summed E-state index contributed by atoms with van der Waals surface area (Å²) in [4.78, 5) is 12.3. The van der Waals surface area contributed by atoms with E-state index in [1.807, 2.05) is 31.8 Å². The zero-order chi connectivity index (χ0) is 15.6. The molecule has 1 aromatic carbocycles. The number of halogens is 1. The van der Waals surface area contributed by atoms with Crippen LogP contribution < -0.4 is 5.01 Å². The summed E-state index contributed by atoms with van der Waals surface area (Å²) < 4.78 is 5.43. The number of carbonyl (C=O) groups is 1. The van der Waals surface area contributed by atoms with Crippen LogP contribution in [0.3, 0.4) is 0 Å². The Balaban J connectivity index is 2.24. The fraction of sp³-hybridized carbons (Fsp3) is 0.533. The van der Waals surface area contributed by atoms with Crippen molar-refractivity contribution in [1.82, 2.24) is 5.01 Å². The zero-order valence-electron chi connectivity index (χ0n) is 12.6. The summed E-state index contributed by atoms with van der Waals surface area (Å²) >= 11 is 5.95. The maximum atomic E-state index is 12.3. The summed E-state index contributed by atoms with van der Waals surface area (Å²) in [7, 11) is 0. The molecule has 0 saturated carbocycles. The van der Waals surface area contributed by atoms with Crippen LogP contribution >= 0.6 is 11.6 Å². The predicted molar refractivity (Wildman–Crippen MR) is 82.3 cm³/mol. The molecule has 0 aliphatic carbocycles. The van der Waals surface area contributed by atoms with Gasteiger partial charge in [-0.3, -0.25) is 5.01 Å². The van der Waals surface area contributed by atoms with Crippen molar-refractivity contribution in [2.24, 2.45) is 0 Å². The molecule has 0 unspecified atom stereocenters. The van der Waals surface area contributed by atoms with Gasteiger partial charge in [-0.05, 0) is 45.4 Å². The molecule has 6 heteroatoms. The van der Waals surface area contributed by atoms with Crippen LogP contribution in [-0.2, 0) is 11.3 Å². The third-order valence-electron chi connectivity index (χ3n) is 3.13. The van der Waals surface area contributed by atoms with Gasteiger partial charge in [0.15, 0.2) is 0 Å². The summed E-state index contributed by atoms with van der Waals surface area (Å²) in [5.41, 5.74) is 0.939. The molecule has 1 aromatic rings. The van der Waals surface area contributed by atoms with Crippen molar-refractivity contribution >= 4 is 23.4 Å². The highest BCUT2D eigenvalue weighted by Gasteiger charge is 2.31. The van der Waals surface area contributed by atoms with Gasteiger partial charge in [0.1, 0.15) is 5.60 Å². The van der Waals surface area contributed by atoms with E-state index in [9.17, 15) is 9.90 Å².